The fourth-order valence-electron chi connectivity index (χ4n) is 7.61. The van der Waals surface area contributed by atoms with E-state index in [1.165, 1.54) is 18.6 Å². The molecule has 13 nitrogen and oxygen atoms in total. The van der Waals surface area contributed by atoms with Crippen LogP contribution in [0.25, 0.3) is 0 Å². The second kappa shape index (κ2) is 23.3. The van der Waals surface area contributed by atoms with E-state index < -0.39 is 104 Å². The zero-order valence-corrected chi connectivity index (χ0v) is 38.7. The van der Waals surface area contributed by atoms with Gasteiger partial charge in [0, 0.05) is 67.1 Å². The van der Waals surface area contributed by atoms with Crippen LogP contribution >= 0.6 is 22.7 Å². The predicted molar refractivity (Wildman–Crippen MR) is 230 cm³/mol. The molecule has 2 saturated heterocycles. The van der Waals surface area contributed by atoms with Gasteiger partial charge in [0.05, 0.1) is 48.6 Å². The number of carbonyl (C=O) groups is 4. The minimum atomic E-state index is -4.85. The average Bonchev–Trinajstić information content (AvgIpc) is 4.00. The van der Waals surface area contributed by atoms with Gasteiger partial charge in [-0.25, -0.2) is 14.4 Å². The summed E-state index contributed by atoms with van der Waals surface area (Å²) in [6.07, 6.45) is -11.0. The molecule has 0 radical (unpaired) electrons. The number of methoxy groups -OCH3 is 2. The Kier molecular flexibility index (Phi) is 18.9. The van der Waals surface area contributed by atoms with Crippen molar-refractivity contribution in [2.24, 2.45) is 0 Å². The van der Waals surface area contributed by atoms with Crippen molar-refractivity contribution in [3.05, 3.63) is 117 Å². The molecule has 4 aromatic heterocycles. The van der Waals surface area contributed by atoms with Crippen LogP contribution in [0.2, 0.25) is 0 Å². The van der Waals surface area contributed by atoms with Crippen LogP contribution in [-0.2, 0) is 43.8 Å². The molecule has 6 rings (SSSR count). The quantitative estimate of drug-likeness (QED) is 0.0784. The molecule has 2 aliphatic rings. The molecular weight excluding hydrogens is 1020 g/mol. The SMILES string of the molecule is C=CC[C@H]1N(C(=O)c2cnccc2C(F)(F)F)CCC[C@@]1(Oc1csc(C(F)(F)F)c1)C(=O)OC.C=CC[C@H]1NCCC[C@@]1(Oc1csc(C(F)(F)F)c1)C(=O)OC.O=C(O)c1cnccc1C(F)(F)F. The number of halogens is 12. The molecule has 0 bridgehead atoms. The molecule has 1 amide bonds. The van der Waals surface area contributed by atoms with Crippen LogP contribution in [0, 0.1) is 0 Å². The first kappa shape index (κ1) is 57.4. The molecule has 0 spiro atoms. The molecule has 2 aliphatic heterocycles. The standard InChI is InChI=1S/C22H20F6N2O4S.C15H18F3NO3S.C7H4F3NO2/c1-3-5-16-20(19(32)33-2,34-13-10-17(35-12-13)22(26,27)28)7-4-9-30(16)18(31)14-11-29-8-6-15(14)21(23,24)25;1-3-5-11-14(13(20)21-2,6-4-7-19-11)22-10-8-12(23-9-10)15(16,17)18;8-7(9,10)5-1-2-11-3-4(5)6(12)13/h3,6,8,10-12,16H,1,4-5,7,9H2,2H3;3,8-9,11,19H,1,4-7H2,2H3;1-3H,(H,12,13)/t16-,20+;11-,14+;/m11./s1. The second-order valence-corrected chi connectivity index (χ2v) is 17.0. The van der Waals surface area contributed by atoms with E-state index in [4.69, 9.17) is 24.1 Å². The van der Waals surface area contributed by atoms with Crippen LogP contribution in [0.3, 0.4) is 0 Å². The number of amides is 1. The minimum Gasteiger partial charge on any atom is -0.478 e. The Morgan fingerprint density at radius 1 is 0.732 bits per heavy atom. The van der Waals surface area contributed by atoms with Crippen molar-refractivity contribution >= 4 is 46.5 Å². The smallest absolute Gasteiger partial charge is 0.425 e. The van der Waals surface area contributed by atoms with Crippen molar-refractivity contribution < 1.29 is 95.9 Å². The lowest BCUT2D eigenvalue weighted by Gasteiger charge is -2.47. The van der Waals surface area contributed by atoms with Gasteiger partial charge in [-0.3, -0.25) is 14.8 Å². The van der Waals surface area contributed by atoms with Crippen molar-refractivity contribution in [2.75, 3.05) is 27.3 Å². The van der Waals surface area contributed by atoms with Crippen LogP contribution in [-0.4, -0.2) is 94.4 Å². The topological polar surface area (TPSA) is 166 Å². The summed E-state index contributed by atoms with van der Waals surface area (Å²) >= 11 is 0.885. The summed E-state index contributed by atoms with van der Waals surface area (Å²) in [5, 5.41) is 13.9. The van der Waals surface area contributed by atoms with Gasteiger partial charge in [-0.1, -0.05) is 12.2 Å². The molecule has 71 heavy (non-hydrogen) atoms. The third-order valence-electron chi connectivity index (χ3n) is 10.7. The van der Waals surface area contributed by atoms with Crippen molar-refractivity contribution in [1.29, 1.82) is 0 Å². The van der Waals surface area contributed by atoms with Crippen LogP contribution < -0.4 is 14.8 Å². The maximum Gasteiger partial charge on any atom is 0.425 e. The number of piperidine rings is 2. The van der Waals surface area contributed by atoms with E-state index in [9.17, 15) is 71.9 Å². The van der Waals surface area contributed by atoms with Gasteiger partial charge in [0.15, 0.2) is 0 Å². The molecule has 0 saturated carbocycles. The number of esters is 2. The van der Waals surface area contributed by atoms with Gasteiger partial charge in [0.25, 0.3) is 5.91 Å². The number of hydrogen-bond acceptors (Lipinski definition) is 13. The van der Waals surface area contributed by atoms with Gasteiger partial charge >= 0.3 is 42.6 Å². The molecule has 27 heteroatoms. The number of alkyl halides is 12. The fourth-order valence-corrected chi connectivity index (χ4v) is 8.96. The third-order valence-corrected chi connectivity index (χ3v) is 12.6. The number of aromatic nitrogens is 2. The molecule has 388 valence electrons. The highest BCUT2D eigenvalue weighted by molar-refractivity contribution is 7.10. The van der Waals surface area contributed by atoms with E-state index in [-0.39, 0.29) is 37.3 Å². The molecule has 0 unspecified atom stereocenters. The summed E-state index contributed by atoms with van der Waals surface area (Å²) in [7, 11) is 2.28. The zero-order valence-electron chi connectivity index (χ0n) is 37.1. The number of aromatic carboxylic acids is 1. The van der Waals surface area contributed by atoms with E-state index in [0.29, 0.717) is 72.9 Å². The first-order chi connectivity index (χ1) is 33.1. The maximum atomic E-state index is 13.5. The highest BCUT2D eigenvalue weighted by Gasteiger charge is 2.56. The molecule has 2 N–H and O–H groups in total. The van der Waals surface area contributed by atoms with E-state index in [0.717, 1.165) is 42.0 Å². The lowest BCUT2D eigenvalue weighted by molar-refractivity contribution is -0.169. The summed E-state index contributed by atoms with van der Waals surface area (Å²) in [6.45, 7) is 7.90. The van der Waals surface area contributed by atoms with Crippen LogP contribution in [0.1, 0.15) is 80.1 Å². The summed E-state index contributed by atoms with van der Waals surface area (Å²) in [5.41, 5.74) is -7.31. The van der Waals surface area contributed by atoms with Gasteiger partial charge in [0.2, 0.25) is 11.2 Å². The number of thiophene rings is 2. The number of ether oxygens (including phenoxy) is 4. The Bertz CT molecular complexity index is 2510. The number of pyridine rings is 2. The Balaban J connectivity index is 0.000000259. The second-order valence-electron chi connectivity index (χ2n) is 15.2. The monoisotopic (exact) mass is 1060 g/mol. The Morgan fingerprint density at radius 2 is 1.20 bits per heavy atom. The van der Waals surface area contributed by atoms with Crippen molar-refractivity contribution in [3.63, 3.8) is 0 Å². The van der Waals surface area contributed by atoms with Crippen LogP contribution in [0.15, 0.2) is 85.1 Å². The van der Waals surface area contributed by atoms with Gasteiger partial charge in [0.1, 0.15) is 21.3 Å². The predicted octanol–water partition coefficient (Wildman–Crippen LogP) is 10.5. The molecular formula is C44H42F12N4O9S2. The van der Waals surface area contributed by atoms with Gasteiger partial charge in [-0.2, -0.15) is 52.7 Å². The lowest BCUT2D eigenvalue weighted by atomic mass is 9.81. The highest BCUT2D eigenvalue weighted by Crippen LogP contribution is 2.43. The summed E-state index contributed by atoms with van der Waals surface area (Å²) in [5.74, 6) is -4.55. The number of rotatable bonds is 12. The molecule has 2 fully saturated rings. The van der Waals surface area contributed by atoms with E-state index in [2.05, 4.69) is 28.4 Å². The average molecular weight is 1060 g/mol. The van der Waals surface area contributed by atoms with E-state index >= 15 is 0 Å². The van der Waals surface area contributed by atoms with Crippen LogP contribution in [0.4, 0.5) is 52.7 Å². The molecule has 4 aromatic rings. The fraction of sp³-hybridized carbons (Fsp3) is 0.409. The van der Waals surface area contributed by atoms with Gasteiger partial charge in [-0.15, -0.1) is 35.8 Å². The number of carboxylic acid groups (broad SMARTS) is 1. The first-order valence-electron chi connectivity index (χ1n) is 20.5. The number of carboxylic acids is 1. The van der Waals surface area contributed by atoms with Gasteiger partial charge in [-0.05, 0) is 44.4 Å². The Morgan fingerprint density at radius 3 is 1.63 bits per heavy atom. The Labute approximate surface area is 404 Å². The molecule has 0 aliphatic carbocycles. The van der Waals surface area contributed by atoms with E-state index in [1.54, 1.807) is 6.08 Å². The molecule has 4 atom stereocenters. The Hall–Kier alpha value is -6.22. The zero-order chi connectivity index (χ0) is 53.2. The largest absolute Gasteiger partial charge is 0.478 e. The first-order valence-corrected chi connectivity index (χ1v) is 22.2. The summed E-state index contributed by atoms with van der Waals surface area (Å²) in [4.78, 5) is 55.2. The maximum absolute atomic E-state index is 13.5. The number of nitrogens with zero attached hydrogens (tertiary/aromatic N) is 3. The molecule has 6 heterocycles. The van der Waals surface area contributed by atoms with Crippen LogP contribution in [0.5, 0.6) is 11.5 Å². The van der Waals surface area contributed by atoms with Crippen molar-refractivity contribution in [3.8, 4) is 11.5 Å². The highest BCUT2D eigenvalue weighted by atomic mass is 32.1. The summed E-state index contributed by atoms with van der Waals surface area (Å²) in [6, 6.07) is 1.29. The van der Waals surface area contributed by atoms with E-state index in [1.807, 2.05) is 0 Å². The number of nitrogens with one attached hydrogen (secondary N) is 1. The normalized spacial score (nSPS) is 20.5. The number of hydrogen-bond donors (Lipinski definition) is 2. The van der Waals surface area contributed by atoms with Crippen molar-refractivity contribution in [2.45, 2.75) is 86.5 Å². The van der Waals surface area contributed by atoms with Gasteiger partial charge < -0.3 is 34.3 Å². The lowest BCUT2D eigenvalue weighted by Crippen LogP contribution is -2.65. The summed E-state index contributed by atoms with van der Waals surface area (Å²) < 4.78 is 176. The van der Waals surface area contributed by atoms with Crippen molar-refractivity contribution in [1.82, 2.24) is 20.2 Å². The molecule has 0 aromatic carbocycles. The minimum absolute atomic E-state index is 0.0190. The number of carbonyl (C=O) groups excluding carboxylic acids is 3. The third kappa shape index (κ3) is 13.8. The number of likely N-dealkylation sites (tertiary alicyclic amines) is 1.